The molecular formula is C24H24N2O3S. The first-order valence-corrected chi connectivity index (χ1v) is 10.9. The number of H-pyrrole nitrogens is 1. The summed E-state index contributed by atoms with van der Waals surface area (Å²) in [4.78, 5) is 31.3. The van der Waals surface area contributed by atoms with Crippen molar-refractivity contribution >= 4 is 43.9 Å². The monoisotopic (exact) mass is 420 g/mol. The lowest BCUT2D eigenvalue weighted by molar-refractivity contribution is 0.0991. The Kier molecular flexibility index (Phi) is 5.59. The fraction of sp³-hybridized carbons (Fsp3) is 0.250. The fourth-order valence-electron chi connectivity index (χ4n) is 3.60. The van der Waals surface area contributed by atoms with Crippen LogP contribution in [0, 0.1) is 6.92 Å². The number of pyridine rings is 1. The molecule has 4 rings (SSSR count). The van der Waals surface area contributed by atoms with Crippen molar-refractivity contribution in [1.82, 2.24) is 4.98 Å². The van der Waals surface area contributed by atoms with Crippen LogP contribution in [0.4, 0.5) is 5.69 Å². The molecule has 2 aromatic heterocycles. The Balaban J connectivity index is 1.78. The maximum atomic E-state index is 13.4. The Morgan fingerprint density at radius 3 is 2.53 bits per heavy atom. The van der Waals surface area contributed by atoms with Gasteiger partial charge in [-0.15, -0.1) is 11.3 Å². The molecule has 5 nitrogen and oxygen atoms in total. The lowest BCUT2D eigenvalue weighted by Crippen LogP contribution is -2.31. The number of fused-ring (bicyclic) bond motifs is 3. The van der Waals surface area contributed by atoms with Crippen molar-refractivity contribution in [2.75, 3.05) is 18.1 Å². The summed E-state index contributed by atoms with van der Waals surface area (Å²) in [5.41, 5.74) is 2.55. The summed E-state index contributed by atoms with van der Waals surface area (Å²) in [6, 6.07) is 15.2. The van der Waals surface area contributed by atoms with E-state index < -0.39 is 0 Å². The highest BCUT2D eigenvalue weighted by Gasteiger charge is 2.21. The zero-order chi connectivity index (χ0) is 21.3. The molecule has 4 aromatic rings. The summed E-state index contributed by atoms with van der Waals surface area (Å²) in [6.07, 6.45) is 0.826. The molecular weight excluding hydrogens is 396 g/mol. The fourth-order valence-corrected chi connectivity index (χ4v) is 4.74. The van der Waals surface area contributed by atoms with Crippen molar-refractivity contribution < 1.29 is 9.53 Å². The van der Waals surface area contributed by atoms with E-state index in [2.05, 4.69) is 11.1 Å². The average Bonchev–Trinajstić information content (AvgIpc) is 3.20. The average molecular weight is 421 g/mol. The first-order chi connectivity index (χ1) is 14.5. The third-order valence-electron chi connectivity index (χ3n) is 5.01. The number of thiophene rings is 1. The lowest BCUT2D eigenvalue weighted by atomic mass is 10.1. The van der Waals surface area contributed by atoms with Gasteiger partial charge in [-0.3, -0.25) is 9.59 Å². The van der Waals surface area contributed by atoms with Gasteiger partial charge in [-0.05, 0) is 62.7 Å². The molecule has 2 heterocycles. The number of aryl methyl sites for hydroxylation is 1. The highest BCUT2D eigenvalue weighted by Crippen LogP contribution is 2.32. The second-order valence-corrected chi connectivity index (χ2v) is 8.29. The third-order valence-corrected chi connectivity index (χ3v) is 6.16. The molecule has 0 saturated heterocycles. The van der Waals surface area contributed by atoms with Crippen LogP contribution in [0.3, 0.4) is 0 Å². The van der Waals surface area contributed by atoms with E-state index in [1.165, 1.54) is 11.3 Å². The molecule has 1 amide bonds. The van der Waals surface area contributed by atoms with Crippen molar-refractivity contribution in [3.63, 3.8) is 0 Å². The first kappa shape index (κ1) is 20.2. The summed E-state index contributed by atoms with van der Waals surface area (Å²) >= 11 is 1.38. The van der Waals surface area contributed by atoms with Crippen molar-refractivity contribution in [2.24, 2.45) is 0 Å². The Hall–Kier alpha value is -3.12. The van der Waals surface area contributed by atoms with Crippen molar-refractivity contribution in [1.29, 1.82) is 0 Å². The van der Waals surface area contributed by atoms with Gasteiger partial charge in [0.25, 0.3) is 11.5 Å². The topological polar surface area (TPSA) is 62.4 Å². The van der Waals surface area contributed by atoms with E-state index >= 15 is 0 Å². The van der Waals surface area contributed by atoms with Gasteiger partial charge in [0.05, 0.1) is 16.9 Å². The van der Waals surface area contributed by atoms with Crippen molar-refractivity contribution in [3.05, 3.63) is 69.3 Å². The van der Waals surface area contributed by atoms with E-state index in [0.29, 0.717) is 23.4 Å². The van der Waals surface area contributed by atoms with E-state index in [0.717, 1.165) is 39.0 Å². The van der Waals surface area contributed by atoms with Gasteiger partial charge in [0.15, 0.2) is 0 Å². The summed E-state index contributed by atoms with van der Waals surface area (Å²) in [5, 5.41) is 1.53. The number of anilines is 1. The number of amides is 1. The van der Waals surface area contributed by atoms with Gasteiger partial charge in [0.2, 0.25) is 0 Å². The second kappa shape index (κ2) is 8.32. The van der Waals surface area contributed by atoms with E-state index in [4.69, 9.17) is 4.74 Å². The molecule has 1 N–H and O–H groups in total. The van der Waals surface area contributed by atoms with E-state index in [9.17, 15) is 9.59 Å². The molecule has 0 aliphatic carbocycles. The minimum absolute atomic E-state index is 0.0950. The predicted molar refractivity (Wildman–Crippen MR) is 124 cm³/mol. The molecule has 0 spiro atoms. The molecule has 0 aliphatic heterocycles. The molecule has 30 heavy (non-hydrogen) atoms. The van der Waals surface area contributed by atoms with Gasteiger partial charge in [-0.1, -0.05) is 18.6 Å². The van der Waals surface area contributed by atoms with Crippen LogP contribution in [0.5, 0.6) is 5.75 Å². The largest absolute Gasteiger partial charge is 0.494 e. The van der Waals surface area contributed by atoms with Gasteiger partial charge in [0.1, 0.15) is 5.75 Å². The summed E-state index contributed by atoms with van der Waals surface area (Å²) in [7, 11) is 0. The number of aromatic amines is 1. The van der Waals surface area contributed by atoms with Crippen LogP contribution in [0.1, 0.15) is 35.5 Å². The second-order valence-electron chi connectivity index (χ2n) is 7.24. The quantitative estimate of drug-likeness (QED) is 0.448. The van der Waals surface area contributed by atoms with Crippen LogP contribution in [-0.4, -0.2) is 24.0 Å². The zero-order valence-corrected chi connectivity index (χ0v) is 18.1. The molecule has 0 saturated carbocycles. The van der Waals surface area contributed by atoms with E-state index in [1.54, 1.807) is 11.0 Å². The minimum atomic E-state index is -0.167. The summed E-state index contributed by atoms with van der Waals surface area (Å²) < 4.78 is 6.36. The van der Waals surface area contributed by atoms with Crippen LogP contribution in [0.2, 0.25) is 0 Å². The molecule has 0 radical (unpaired) electrons. The number of carbonyl (C=O) groups excluding carboxylic acids is 1. The van der Waals surface area contributed by atoms with Crippen LogP contribution in [0.25, 0.3) is 21.0 Å². The molecule has 0 bridgehead atoms. The molecule has 154 valence electrons. The highest BCUT2D eigenvalue weighted by atomic mass is 32.1. The molecule has 2 aromatic carbocycles. The lowest BCUT2D eigenvalue weighted by Gasteiger charge is -2.22. The number of carbonyl (C=O) groups is 1. The SMILES string of the molecule is CCCN(C(=O)c1cc2c(=O)[nH]c3ccc(C)cc3c2s1)c1ccc(OCC)cc1. The standard InChI is InChI=1S/C24H24N2O3S/c1-4-12-26(16-7-9-17(10-8-16)29-5-2)24(28)21-14-19-22(30-21)18-13-15(3)6-11-20(18)25-23(19)27/h6-11,13-14H,4-5,12H2,1-3H3,(H,25,27). The van der Waals surface area contributed by atoms with Gasteiger partial charge in [-0.2, -0.15) is 0 Å². The maximum absolute atomic E-state index is 13.4. The number of hydrogen-bond donors (Lipinski definition) is 1. The maximum Gasteiger partial charge on any atom is 0.268 e. The molecule has 0 aliphatic rings. The van der Waals surface area contributed by atoms with Crippen LogP contribution >= 0.6 is 11.3 Å². The minimum Gasteiger partial charge on any atom is -0.494 e. The smallest absolute Gasteiger partial charge is 0.268 e. The Morgan fingerprint density at radius 2 is 1.83 bits per heavy atom. The Labute approximate surface area is 178 Å². The van der Waals surface area contributed by atoms with E-state index in [-0.39, 0.29) is 11.5 Å². The summed E-state index contributed by atoms with van der Waals surface area (Å²) in [5.74, 6) is 0.683. The van der Waals surface area contributed by atoms with Gasteiger partial charge >= 0.3 is 0 Å². The molecule has 0 fully saturated rings. The Morgan fingerprint density at radius 1 is 1.07 bits per heavy atom. The van der Waals surface area contributed by atoms with Gasteiger partial charge < -0.3 is 14.6 Å². The number of hydrogen-bond acceptors (Lipinski definition) is 4. The third kappa shape index (κ3) is 3.71. The van der Waals surface area contributed by atoms with Gasteiger partial charge in [-0.25, -0.2) is 0 Å². The van der Waals surface area contributed by atoms with Crippen molar-refractivity contribution in [3.8, 4) is 5.75 Å². The highest BCUT2D eigenvalue weighted by molar-refractivity contribution is 7.21. The number of nitrogens with zero attached hydrogens (tertiary/aromatic N) is 1. The number of aromatic nitrogens is 1. The molecule has 0 atom stereocenters. The van der Waals surface area contributed by atoms with Crippen molar-refractivity contribution in [2.45, 2.75) is 27.2 Å². The van der Waals surface area contributed by atoms with Crippen LogP contribution < -0.4 is 15.2 Å². The number of ether oxygens (including phenoxy) is 1. The molecule has 0 unspecified atom stereocenters. The Bertz CT molecular complexity index is 1270. The number of nitrogens with one attached hydrogen (secondary N) is 1. The predicted octanol–water partition coefficient (Wildman–Crippen LogP) is 5.51. The normalized spacial score (nSPS) is 11.2. The number of benzene rings is 2. The van der Waals surface area contributed by atoms with Crippen LogP contribution in [-0.2, 0) is 0 Å². The first-order valence-electron chi connectivity index (χ1n) is 10.1. The van der Waals surface area contributed by atoms with E-state index in [1.807, 2.05) is 57.2 Å². The number of rotatable bonds is 6. The van der Waals surface area contributed by atoms with Gasteiger partial charge in [0, 0.05) is 27.8 Å². The molecule has 6 heteroatoms. The van der Waals surface area contributed by atoms with Crippen LogP contribution in [0.15, 0.2) is 53.3 Å². The zero-order valence-electron chi connectivity index (χ0n) is 17.3. The summed E-state index contributed by atoms with van der Waals surface area (Å²) in [6.45, 7) is 7.19.